The van der Waals surface area contributed by atoms with Crippen LogP contribution in [0.15, 0.2) is 52.8 Å². The molecule has 2 aromatic carbocycles. The van der Waals surface area contributed by atoms with Crippen LogP contribution in [-0.4, -0.2) is 23.0 Å². The summed E-state index contributed by atoms with van der Waals surface area (Å²) < 4.78 is 13.1. The molecule has 0 spiro atoms. The van der Waals surface area contributed by atoms with Gasteiger partial charge in [0.25, 0.3) is 0 Å². The molecule has 26 heavy (non-hydrogen) atoms. The highest BCUT2D eigenvalue weighted by atomic mass is 32.1. The number of phenols is 1. The number of benzene rings is 2. The molecule has 0 saturated heterocycles. The molecule has 2 heterocycles. The number of ether oxygens (including phenoxy) is 2. The minimum absolute atomic E-state index is 0.229. The Balaban J connectivity index is 1.78. The van der Waals surface area contributed by atoms with Crippen LogP contribution < -0.4 is 20.0 Å². The number of hydrogen-bond acceptors (Lipinski definition) is 6. The monoisotopic (exact) mass is 369 g/mol. The van der Waals surface area contributed by atoms with E-state index < -0.39 is 0 Å². The third-order valence-corrected chi connectivity index (χ3v) is 4.99. The Morgan fingerprint density at radius 1 is 1.12 bits per heavy atom. The largest absolute Gasteiger partial charge is 0.508 e. The van der Waals surface area contributed by atoms with Crippen LogP contribution in [0.3, 0.4) is 0 Å². The fraction of sp³-hybridized carbons (Fsp3) is 0.211. The van der Waals surface area contributed by atoms with Crippen LogP contribution in [-0.2, 0) is 6.54 Å². The molecule has 3 aromatic rings. The first kappa shape index (κ1) is 16.7. The highest BCUT2D eigenvalue weighted by Gasteiger charge is 2.16. The van der Waals surface area contributed by atoms with Crippen molar-refractivity contribution < 1.29 is 14.6 Å². The molecule has 0 atom stereocenters. The van der Waals surface area contributed by atoms with Gasteiger partial charge in [0, 0.05) is 17.5 Å². The minimum atomic E-state index is 0.229. The van der Waals surface area contributed by atoms with Gasteiger partial charge < -0.3 is 24.9 Å². The molecule has 3 N–H and O–H groups in total. The Bertz CT molecular complexity index is 976. The van der Waals surface area contributed by atoms with Crippen LogP contribution in [0.25, 0.3) is 11.3 Å². The van der Waals surface area contributed by atoms with E-state index in [9.17, 15) is 5.11 Å². The SMILES string of the molecule is NCCCn1c(-c2ccc3c(c2)OCO3)cs/c1=N\c1ccc(O)cc1. The van der Waals surface area contributed by atoms with Crippen LogP contribution in [0, 0.1) is 0 Å². The van der Waals surface area contributed by atoms with E-state index in [1.54, 1.807) is 35.6 Å². The van der Waals surface area contributed by atoms with Crippen LogP contribution in [0.4, 0.5) is 5.69 Å². The topological polar surface area (TPSA) is 82.0 Å². The third-order valence-electron chi connectivity index (χ3n) is 4.13. The molecule has 0 aliphatic carbocycles. The normalized spacial score (nSPS) is 13.3. The predicted octanol–water partition coefficient (Wildman–Crippen LogP) is 3.23. The van der Waals surface area contributed by atoms with Gasteiger partial charge in [-0.3, -0.25) is 0 Å². The van der Waals surface area contributed by atoms with Gasteiger partial charge in [-0.2, -0.15) is 0 Å². The van der Waals surface area contributed by atoms with Crippen LogP contribution >= 0.6 is 11.3 Å². The molecule has 0 unspecified atom stereocenters. The van der Waals surface area contributed by atoms with Crippen molar-refractivity contribution in [2.45, 2.75) is 13.0 Å². The van der Waals surface area contributed by atoms with Gasteiger partial charge in [0.15, 0.2) is 16.3 Å². The van der Waals surface area contributed by atoms with E-state index in [0.29, 0.717) is 6.54 Å². The second-order valence-electron chi connectivity index (χ2n) is 5.89. The average molecular weight is 369 g/mol. The smallest absolute Gasteiger partial charge is 0.231 e. The molecule has 1 aromatic heterocycles. The fourth-order valence-electron chi connectivity index (χ4n) is 2.81. The Morgan fingerprint density at radius 2 is 1.92 bits per heavy atom. The van der Waals surface area contributed by atoms with Crippen molar-refractivity contribution in [1.29, 1.82) is 0 Å². The van der Waals surface area contributed by atoms with Crippen molar-refractivity contribution in [3.8, 4) is 28.5 Å². The van der Waals surface area contributed by atoms with E-state index in [0.717, 1.165) is 46.2 Å². The van der Waals surface area contributed by atoms with Gasteiger partial charge >= 0.3 is 0 Å². The summed E-state index contributed by atoms with van der Waals surface area (Å²) in [4.78, 5) is 5.61. The van der Waals surface area contributed by atoms with Crippen LogP contribution in [0.1, 0.15) is 6.42 Å². The summed E-state index contributed by atoms with van der Waals surface area (Å²) in [5.41, 5.74) is 8.64. The van der Waals surface area contributed by atoms with Gasteiger partial charge in [-0.1, -0.05) is 0 Å². The maximum Gasteiger partial charge on any atom is 0.231 e. The summed E-state index contributed by atoms with van der Waals surface area (Å²) in [6.07, 6.45) is 0.858. The maximum atomic E-state index is 9.44. The van der Waals surface area contributed by atoms with E-state index >= 15 is 0 Å². The zero-order valence-corrected chi connectivity index (χ0v) is 14.9. The van der Waals surface area contributed by atoms with Crippen molar-refractivity contribution >= 4 is 17.0 Å². The lowest BCUT2D eigenvalue weighted by Crippen LogP contribution is -2.18. The number of nitrogens with zero attached hydrogens (tertiary/aromatic N) is 2. The van der Waals surface area contributed by atoms with Gasteiger partial charge in [0.2, 0.25) is 6.79 Å². The molecule has 0 radical (unpaired) electrons. The number of nitrogens with two attached hydrogens (primary N) is 1. The van der Waals surface area contributed by atoms with E-state index in [1.165, 1.54) is 0 Å². The summed E-state index contributed by atoms with van der Waals surface area (Å²) >= 11 is 1.57. The molecule has 0 fully saturated rings. The lowest BCUT2D eigenvalue weighted by atomic mass is 10.1. The van der Waals surface area contributed by atoms with Gasteiger partial charge in [0.1, 0.15) is 5.75 Å². The molecule has 1 aliphatic rings. The van der Waals surface area contributed by atoms with Crippen LogP contribution in [0.5, 0.6) is 17.2 Å². The lowest BCUT2D eigenvalue weighted by molar-refractivity contribution is 0.174. The minimum Gasteiger partial charge on any atom is -0.508 e. The van der Waals surface area contributed by atoms with E-state index in [4.69, 9.17) is 20.2 Å². The predicted molar refractivity (Wildman–Crippen MR) is 101 cm³/mol. The van der Waals surface area contributed by atoms with E-state index in [2.05, 4.69) is 9.95 Å². The molecule has 7 heteroatoms. The number of aromatic hydroxyl groups is 1. The van der Waals surface area contributed by atoms with Gasteiger partial charge in [-0.15, -0.1) is 11.3 Å². The summed E-state index contributed by atoms with van der Waals surface area (Å²) in [5.74, 6) is 1.76. The number of hydrogen-bond donors (Lipinski definition) is 2. The Kier molecular flexibility index (Phi) is 4.64. The lowest BCUT2D eigenvalue weighted by Gasteiger charge is -2.09. The Labute approximate surface area is 154 Å². The van der Waals surface area contributed by atoms with Crippen molar-refractivity contribution in [2.24, 2.45) is 10.7 Å². The molecular weight excluding hydrogens is 350 g/mol. The van der Waals surface area contributed by atoms with Crippen molar-refractivity contribution in [2.75, 3.05) is 13.3 Å². The van der Waals surface area contributed by atoms with Gasteiger partial charge in [0.05, 0.1) is 11.4 Å². The highest BCUT2D eigenvalue weighted by molar-refractivity contribution is 7.07. The van der Waals surface area contributed by atoms with Gasteiger partial charge in [-0.05, 0) is 55.4 Å². The third kappa shape index (κ3) is 3.31. The number of rotatable bonds is 5. The van der Waals surface area contributed by atoms with Gasteiger partial charge in [-0.25, -0.2) is 4.99 Å². The second-order valence-corrected chi connectivity index (χ2v) is 6.73. The first-order chi connectivity index (χ1) is 12.7. The Hall–Kier alpha value is -2.77. The molecule has 134 valence electrons. The first-order valence-corrected chi connectivity index (χ1v) is 9.25. The molecule has 0 saturated carbocycles. The molecule has 0 amide bonds. The highest BCUT2D eigenvalue weighted by Crippen LogP contribution is 2.36. The second kappa shape index (κ2) is 7.23. The van der Waals surface area contributed by atoms with Crippen LogP contribution in [0.2, 0.25) is 0 Å². The van der Waals surface area contributed by atoms with Crippen molar-refractivity contribution in [3.63, 3.8) is 0 Å². The average Bonchev–Trinajstić information content (AvgIpc) is 3.28. The quantitative estimate of drug-likeness (QED) is 0.723. The summed E-state index contributed by atoms with van der Waals surface area (Å²) in [5, 5.41) is 11.5. The zero-order chi connectivity index (χ0) is 17.9. The first-order valence-electron chi connectivity index (χ1n) is 8.37. The van der Waals surface area contributed by atoms with Crippen molar-refractivity contribution in [1.82, 2.24) is 4.57 Å². The maximum absolute atomic E-state index is 9.44. The number of thiazole rings is 1. The number of phenolic OH excluding ortho intramolecular Hbond substituents is 1. The number of aromatic nitrogens is 1. The summed E-state index contributed by atoms with van der Waals surface area (Å²) in [6, 6.07) is 12.8. The summed E-state index contributed by atoms with van der Waals surface area (Å²) in [6.45, 7) is 1.65. The fourth-order valence-corrected chi connectivity index (χ4v) is 3.76. The standard InChI is InChI=1S/C19H19N3O3S/c20-8-1-9-22-16(13-2-7-17-18(10-13)25-12-24-17)11-26-19(22)21-14-3-5-15(23)6-4-14/h2-7,10-11,23H,1,8-9,12,20H2/b21-19-. The molecule has 0 bridgehead atoms. The Morgan fingerprint density at radius 3 is 2.73 bits per heavy atom. The van der Waals surface area contributed by atoms with E-state index in [1.807, 2.05) is 18.2 Å². The zero-order valence-electron chi connectivity index (χ0n) is 14.1. The molecular formula is C19H19N3O3S. The molecule has 1 aliphatic heterocycles. The van der Waals surface area contributed by atoms with E-state index in [-0.39, 0.29) is 12.5 Å². The van der Waals surface area contributed by atoms with Crippen molar-refractivity contribution in [3.05, 3.63) is 52.6 Å². The number of fused-ring (bicyclic) bond motifs is 1. The molecule has 6 nitrogen and oxygen atoms in total. The molecule has 4 rings (SSSR count). The summed E-state index contributed by atoms with van der Waals surface area (Å²) in [7, 11) is 0.